The summed E-state index contributed by atoms with van der Waals surface area (Å²) in [4.78, 5) is 28.1. The molecule has 2 amide bonds. The third kappa shape index (κ3) is 4.77. The van der Waals surface area contributed by atoms with Crippen molar-refractivity contribution in [1.82, 2.24) is 4.98 Å². The van der Waals surface area contributed by atoms with Gasteiger partial charge in [-0.15, -0.1) is 11.3 Å². The summed E-state index contributed by atoms with van der Waals surface area (Å²) in [5.74, 6) is -1.69. The minimum absolute atomic E-state index is 0.00667. The third-order valence-corrected chi connectivity index (χ3v) is 4.94. The fraction of sp³-hybridized carbons (Fsp3) is 0.150. The Morgan fingerprint density at radius 3 is 2.67 bits per heavy atom. The number of hydrogen-bond acceptors (Lipinski definition) is 4. The first-order chi connectivity index (χ1) is 12.9. The number of rotatable bonds is 6. The van der Waals surface area contributed by atoms with Gasteiger partial charge in [0.25, 0.3) is 0 Å². The van der Waals surface area contributed by atoms with Crippen LogP contribution in [0.4, 0.5) is 10.1 Å². The number of nitrogens with zero attached hydrogens (tertiary/aromatic N) is 1. The second kappa shape index (κ2) is 8.09. The molecule has 0 bridgehead atoms. The van der Waals surface area contributed by atoms with Gasteiger partial charge in [-0.2, -0.15) is 0 Å². The molecule has 0 spiro atoms. The number of carbonyl (C=O) groups excluding carboxylic acids is 2. The van der Waals surface area contributed by atoms with Crippen molar-refractivity contribution in [1.29, 1.82) is 0 Å². The first-order valence-electron chi connectivity index (χ1n) is 8.29. The molecule has 0 unspecified atom stereocenters. The second-order valence-corrected chi connectivity index (χ2v) is 7.06. The topological polar surface area (TPSA) is 85.1 Å². The molecule has 0 aliphatic rings. The van der Waals surface area contributed by atoms with Crippen molar-refractivity contribution >= 4 is 28.8 Å². The predicted molar refractivity (Wildman–Crippen MR) is 103 cm³/mol. The summed E-state index contributed by atoms with van der Waals surface area (Å²) in [7, 11) is 0. The average molecular weight is 383 g/mol. The van der Waals surface area contributed by atoms with E-state index in [2.05, 4.69) is 10.3 Å². The number of amides is 2. The molecule has 0 saturated heterocycles. The predicted octanol–water partition coefficient (Wildman–Crippen LogP) is 3.46. The Hall–Kier alpha value is -3.06. The zero-order chi connectivity index (χ0) is 19.4. The highest BCUT2D eigenvalue weighted by Crippen LogP contribution is 2.21. The molecule has 0 aliphatic heterocycles. The highest BCUT2D eigenvalue weighted by Gasteiger charge is 2.14. The number of nitrogens with one attached hydrogen (secondary N) is 1. The fourth-order valence-electron chi connectivity index (χ4n) is 2.59. The van der Waals surface area contributed by atoms with Gasteiger partial charge in [0.2, 0.25) is 11.8 Å². The summed E-state index contributed by atoms with van der Waals surface area (Å²) in [6, 6.07) is 12.4. The van der Waals surface area contributed by atoms with Gasteiger partial charge in [0.15, 0.2) is 0 Å². The summed E-state index contributed by atoms with van der Waals surface area (Å²) in [5, 5.41) is 5.39. The quantitative estimate of drug-likeness (QED) is 0.684. The molecule has 0 fully saturated rings. The maximum Gasteiger partial charge on any atom is 0.248 e. The number of primary amides is 1. The van der Waals surface area contributed by atoms with Crippen molar-refractivity contribution in [2.45, 2.75) is 19.8 Å². The van der Waals surface area contributed by atoms with E-state index in [9.17, 15) is 14.0 Å². The molecule has 3 aromatic rings. The lowest BCUT2D eigenvalue weighted by Crippen LogP contribution is -2.18. The molecule has 0 aliphatic carbocycles. The van der Waals surface area contributed by atoms with E-state index in [0.29, 0.717) is 12.1 Å². The summed E-state index contributed by atoms with van der Waals surface area (Å²) < 4.78 is 13.9. The molecular weight excluding hydrogens is 365 g/mol. The number of nitrogens with two attached hydrogens (primary N) is 1. The van der Waals surface area contributed by atoms with E-state index in [1.165, 1.54) is 24.3 Å². The van der Waals surface area contributed by atoms with Crippen LogP contribution in [-0.2, 0) is 17.6 Å². The maximum atomic E-state index is 13.9. The maximum absolute atomic E-state index is 13.9. The van der Waals surface area contributed by atoms with Crippen molar-refractivity contribution in [2.24, 2.45) is 5.73 Å². The molecule has 5 nitrogen and oxygen atoms in total. The highest BCUT2D eigenvalue weighted by molar-refractivity contribution is 7.09. The molecule has 138 valence electrons. The average Bonchev–Trinajstić information content (AvgIpc) is 3.06. The van der Waals surface area contributed by atoms with Crippen molar-refractivity contribution < 1.29 is 14.0 Å². The lowest BCUT2D eigenvalue weighted by atomic mass is 10.1. The zero-order valence-electron chi connectivity index (χ0n) is 14.7. The van der Waals surface area contributed by atoms with Gasteiger partial charge in [0.05, 0.1) is 17.1 Å². The van der Waals surface area contributed by atoms with E-state index >= 15 is 0 Å². The number of thiazole rings is 1. The Morgan fingerprint density at radius 2 is 1.96 bits per heavy atom. The van der Waals surface area contributed by atoms with Gasteiger partial charge < -0.3 is 11.1 Å². The molecule has 0 radical (unpaired) electrons. The number of carbonyl (C=O) groups is 2. The Labute approximate surface area is 160 Å². The Kier molecular flexibility index (Phi) is 5.61. The zero-order valence-corrected chi connectivity index (χ0v) is 15.5. The van der Waals surface area contributed by atoms with E-state index in [1.807, 2.05) is 35.7 Å². The molecule has 0 atom stereocenters. The van der Waals surface area contributed by atoms with Crippen LogP contribution >= 0.6 is 11.3 Å². The lowest BCUT2D eigenvalue weighted by Gasteiger charge is -2.10. The molecule has 27 heavy (non-hydrogen) atoms. The van der Waals surface area contributed by atoms with Gasteiger partial charge in [-0.3, -0.25) is 9.59 Å². The molecule has 7 heteroatoms. The summed E-state index contributed by atoms with van der Waals surface area (Å²) in [6.07, 6.45) is 0.769. The van der Waals surface area contributed by atoms with Crippen LogP contribution in [0.2, 0.25) is 0 Å². The van der Waals surface area contributed by atoms with Crippen LogP contribution in [0.5, 0.6) is 0 Å². The van der Waals surface area contributed by atoms with Crippen molar-refractivity contribution in [3.8, 4) is 0 Å². The van der Waals surface area contributed by atoms with Crippen LogP contribution in [-0.4, -0.2) is 16.8 Å². The van der Waals surface area contributed by atoms with Crippen LogP contribution in [0.1, 0.15) is 32.2 Å². The minimum atomic E-state index is -0.755. The third-order valence-electron chi connectivity index (χ3n) is 4.04. The Balaban J connectivity index is 1.67. The highest BCUT2D eigenvalue weighted by atomic mass is 32.1. The molecule has 2 aromatic carbocycles. The van der Waals surface area contributed by atoms with Gasteiger partial charge in [-0.25, -0.2) is 9.37 Å². The van der Waals surface area contributed by atoms with Crippen LogP contribution in [0.25, 0.3) is 0 Å². The van der Waals surface area contributed by atoms with Crippen LogP contribution in [0.15, 0.2) is 47.8 Å². The SMILES string of the molecule is Cc1c(F)cc(C(N)=O)cc1NC(=O)Cc1csc(Cc2ccccc2)n1. The van der Waals surface area contributed by atoms with Crippen LogP contribution < -0.4 is 11.1 Å². The lowest BCUT2D eigenvalue weighted by molar-refractivity contribution is -0.115. The van der Waals surface area contributed by atoms with Gasteiger partial charge >= 0.3 is 0 Å². The number of hydrogen-bond donors (Lipinski definition) is 2. The first kappa shape index (κ1) is 18.7. The van der Waals surface area contributed by atoms with E-state index in [0.717, 1.165) is 16.6 Å². The standard InChI is InChI=1S/C20H18FN3O2S/c1-12-16(21)8-14(20(22)26)9-17(12)24-18(25)10-15-11-27-19(23-15)7-13-5-3-2-4-6-13/h2-6,8-9,11H,7,10H2,1H3,(H2,22,26)(H,24,25). The first-order valence-corrected chi connectivity index (χ1v) is 9.17. The monoisotopic (exact) mass is 383 g/mol. The van der Waals surface area contributed by atoms with E-state index in [1.54, 1.807) is 0 Å². The second-order valence-electron chi connectivity index (χ2n) is 6.11. The van der Waals surface area contributed by atoms with Crippen molar-refractivity contribution in [3.05, 3.63) is 81.1 Å². The van der Waals surface area contributed by atoms with Crippen LogP contribution in [0.3, 0.4) is 0 Å². The number of anilines is 1. The van der Waals surface area contributed by atoms with E-state index in [4.69, 9.17) is 5.73 Å². The van der Waals surface area contributed by atoms with Crippen molar-refractivity contribution in [3.63, 3.8) is 0 Å². The van der Waals surface area contributed by atoms with E-state index in [-0.39, 0.29) is 29.1 Å². The summed E-state index contributed by atoms with van der Waals surface area (Å²) in [5.41, 5.74) is 7.47. The van der Waals surface area contributed by atoms with Crippen molar-refractivity contribution in [2.75, 3.05) is 5.32 Å². The molecule has 0 saturated carbocycles. The molecule has 1 aromatic heterocycles. The van der Waals surface area contributed by atoms with E-state index < -0.39 is 11.7 Å². The summed E-state index contributed by atoms with van der Waals surface area (Å²) in [6.45, 7) is 1.52. The Morgan fingerprint density at radius 1 is 1.22 bits per heavy atom. The molecular formula is C20H18FN3O2S. The van der Waals surface area contributed by atoms with Gasteiger partial charge in [0, 0.05) is 28.6 Å². The van der Waals surface area contributed by atoms with Gasteiger partial charge in [-0.1, -0.05) is 30.3 Å². The molecule has 3 rings (SSSR count). The summed E-state index contributed by atoms with van der Waals surface area (Å²) >= 11 is 1.49. The smallest absolute Gasteiger partial charge is 0.248 e. The van der Waals surface area contributed by atoms with Crippen LogP contribution in [0, 0.1) is 12.7 Å². The largest absolute Gasteiger partial charge is 0.366 e. The molecule has 1 heterocycles. The number of aromatic nitrogens is 1. The number of benzene rings is 2. The fourth-order valence-corrected chi connectivity index (χ4v) is 3.42. The van der Waals surface area contributed by atoms with Gasteiger partial charge in [0.1, 0.15) is 5.82 Å². The Bertz CT molecular complexity index is 986. The normalized spacial score (nSPS) is 10.6. The minimum Gasteiger partial charge on any atom is -0.366 e. The number of halogens is 1. The van der Waals surface area contributed by atoms with Gasteiger partial charge in [-0.05, 0) is 24.6 Å². The molecule has 3 N–H and O–H groups in total.